The van der Waals surface area contributed by atoms with Crippen molar-refractivity contribution in [1.29, 1.82) is 0 Å². The summed E-state index contributed by atoms with van der Waals surface area (Å²) in [5.41, 5.74) is 7.05. The van der Waals surface area contributed by atoms with Crippen molar-refractivity contribution in [3.8, 4) is 0 Å². The van der Waals surface area contributed by atoms with Crippen molar-refractivity contribution in [2.24, 2.45) is 11.1 Å². The van der Waals surface area contributed by atoms with Crippen molar-refractivity contribution >= 4 is 5.91 Å². The summed E-state index contributed by atoms with van der Waals surface area (Å²) >= 11 is 0. The molecule has 2 fully saturated rings. The number of amides is 1. The Labute approximate surface area is 121 Å². The molecule has 0 radical (unpaired) electrons. The number of benzene rings is 1. The second kappa shape index (κ2) is 5.57. The van der Waals surface area contributed by atoms with Crippen molar-refractivity contribution < 1.29 is 4.79 Å². The summed E-state index contributed by atoms with van der Waals surface area (Å²) in [5, 5.41) is 0. The lowest BCUT2D eigenvalue weighted by Crippen LogP contribution is -2.45. The van der Waals surface area contributed by atoms with Gasteiger partial charge in [0.25, 0.3) is 0 Å². The first-order valence-corrected chi connectivity index (χ1v) is 7.79. The number of hydrogen-bond acceptors (Lipinski definition) is 2. The maximum absolute atomic E-state index is 12.8. The second-order valence-corrected chi connectivity index (χ2v) is 6.34. The molecule has 1 heterocycles. The van der Waals surface area contributed by atoms with Crippen LogP contribution in [0.3, 0.4) is 0 Å². The quantitative estimate of drug-likeness (QED) is 0.919. The van der Waals surface area contributed by atoms with E-state index in [2.05, 4.69) is 29.2 Å². The third kappa shape index (κ3) is 2.35. The lowest BCUT2D eigenvalue weighted by atomic mass is 9.84. The van der Waals surface area contributed by atoms with Crippen molar-refractivity contribution in [2.45, 2.75) is 38.0 Å². The van der Waals surface area contributed by atoms with Gasteiger partial charge in [-0.15, -0.1) is 0 Å². The number of hydrogen-bond donors (Lipinski definition) is 1. The number of nitrogens with two attached hydrogens (primary N) is 1. The Morgan fingerprint density at radius 1 is 1.25 bits per heavy atom. The number of nitrogens with zero attached hydrogens (tertiary/aromatic N) is 1. The van der Waals surface area contributed by atoms with Gasteiger partial charge in [-0.1, -0.05) is 43.2 Å². The van der Waals surface area contributed by atoms with Crippen LogP contribution in [0, 0.1) is 5.41 Å². The van der Waals surface area contributed by atoms with Gasteiger partial charge in [0, 0.05) is 25.6 Å². The molecule has 3 nitrogen and oxygen atoms in total. The summed E-state index contributed by atoms with van der Waals surface area (Å²) in [6, 6.07) is 10.6. The molecule has 2 aliphatic rings. The van der Waals surface area contributed by atoms with Crippen LogP contribution in [0.4, 0.5) is 0 Å². The zero-order valence-electron chi connectivity index (χ0n) is 12.1. The first-order valence-electron chi connectivity index (χ1n) is 7.79. The predicted molar refractivity (Wildman–Crippen MR) is 80.3 cm³/mol. The van der Waals surface area contributed by atoms with Gasteiger partial charge in [0.2, 0.25) is 5.91 Å². The van der Waals surface area contributed by atoms with E-state index in [0.717, 1.165) is 45.2 Å². The smallest absolute Gasteiger partial charge is 0.230 e. The van der Waals surface area contributed by atoms with Crippen LogP contribution in [0.5, 0.6) is 0 Å². The maximum atomic E-state index is 12.8. The van der Waals surface area contributed by atoms with Crippen molar-refractivity contribution in [1.82, 2.24) is 4.90 Å². The molecule has 1 unspecified atom stereocenters. The Balaban J connectivity index is 1.69. The summed E-state index contributed by atoms with van der Waals surface area (Å²) in [6.07, 6.45) is 5.35. The van der Waals surface area contributed by atoms with Gasteiger partial charge in [0.1, 0.15) is 0 Å². The maximum Gasteiger partial charge on any atom is 0.230 e. The molecule has 1 atom stereocenters. The molecule has 1 saturated carbocycles. The van der Waals surface area contributed by atoms with Crippen molar-refractivity contribution in [3.63, 3.8) is 0 Å². The Hall–Kier alpha value is -1.35. The molecular weight excluding hydrogens is 248 g/mol. The number of likely N-dealkylation sites (tertiary alicyclic amines) is 1. The lowest BCUT2D eigenvalue weighted by molar-refractivity contribution is -0.140. The van der Waals surface area contributed by atoms with E-state index in [1.54, 1.807) is 0 Å². The number of carbonyl (C=O) groups excluding carboxylic acids is 1. The summed E-state index contributed by atoms with van der Waals surface area (Å²) in [4.78, 5) is 14.9. The highest BCUT2D eigenvalue weighted by Crippen LogP contribution is 2.40. The van der Waals surface area contributed by atoms with Crippen LogP contribution in [0.2, 0.25) is 0 Å². The van der Waals surface area contributed by atoms with Crippen LogP contribution in [0.25, 0.3) is 0 Å². The van der Waals surface area contributed by atoms with Crippen LogP contribution >= 0.6 is 0 Å². The average molecular weight is 272 g/mol. The molecule has 1 saturated heterocycles. The van der Waals surface area contributed by atoms with E-state index in [1.165, 1.54) is 5.56 Å². The van der Waals surface area contributed by atoms with Crippen LogP contribution in [0.15, 0.2) is 30.3 Å². The fourth-order valence-electron chi connectivity index (χ4n) is 3.83. The predicted octanol–water partition coefficient (Wildman–Crippen LogP) is 2.52. The highest BCUT2D eigenvalue weighted by molar-refractivity contribution is 5.83. The summed E-state index contributed by atoms with van der Waals surface area (Å²) < 4.78 is 0. The molecule has 0 aromatic heterocycles. The third-order valence-electron chi connectivity index (χ3n) is 5.15. The molecule has 1 aliphatic carbocycles. The topological polar surface area (TPSA) is 46.3 Å². The van der Waals surface area contributed by atoms with Gasteiger partial charge >= 0.3 is 0 Å². The Kier molecular flexibility index (Phi) is 3.79. The van der Waals surface area contributed by atoms with Gasteiger partial charge in [-0.25, -0.2) is 0 Å². The van der Waals surface area contributed by atoms with Gasteiger partial charge in [-0.3, -0.25) is 4.79 Å². The van der Waals surface area contributed by atoms with Crippen LogP contribution in [-0.2, 0) is 4.79 Å². The molecule has 1 amide bonds. The van der Waals surface area contributed by atoms with E-state index in [4.69, 9.17) is 5.73 Å². The Bertz CT molecular complexity index is 465. The molecular formula is C17H24N2O. The molecule has 1 aromatic carbocycles. The van der Waals surface area contributed by atoms with Gasteiger partial charge in [-0.05, 0) is 24.8 Å². The number of rotatable bonds is 3. The molecule has 108 valence electrons. The summed E-state index contributed by atoms with van der Waals surface area (Å²) in [6.45, 7) is 2.27. The molecule has 1 aromatic rings. The normalized spacial score (nSPS) is 25.1. The average Bonchev–Trinajstić information content (AvgIpc) is 3.17. The third-order valence-corrected chi connectivity index (χ3v) is 5.15. The van der Waals surface area contributed by atoms with Crippen molar-refractivity contribution in [2.75, 3.05) is 19.6 Å². The molecule has 20 heavy (non-hydrogen) atoms. The van der Waals surface area contributed by atoms with E-state index >= 15 is 0 Å². The Morgan fingerprint density at radius 2 is 1.95 bits per heavy atom. The first kappa shape index (κ1) is 13.6. The summed E-state index contributed by atoms with van der Waals surface area (Å²) in [7, 11) is 0. The fraction of sp³-hybridized carbons (Fsp3) is 0.588. The largest absolute Gasteiger partial charge is 0.342 e. The SMILES string of the molecule is NCC1(C(=O)N2CCC(c3ccccc3)C2)CCCC1. The fourth-order valence-corrected chi connectivity index (χ4v) is 3.83. The van der Waals surface area contributed by atoms with Crippen LogP contribution < -0.4 is 5.73 Å². The standard InChI is InChI=1S/C17H24N2O/c18-13-17(9-4-5-10-17)16(20)19-11-8-15(12-19)14-6-2-1-3-7-14/h1-3,6-7,15H,4-5,8-13,18H2. The number of carbonyl (C=O) groups is 1. The second-order valence-electron chi connectivity index (χ2n) is 6.34. The van der Waals surface area contributed by atoms with Gasteiger partial charge < -0.3 is 10.6 Å². The van der Waals surface area contributed by atoms with Crippen LogP contribution in [0.1, 0.15) is 43.6 Å². The van der Waals surface area contributed by atoms with Gasteiger partial charge in [0.05, 0.1) is 5.41 Å². The molecule has 3 heteroatoms. The first-order chi connectivity index (χ1) is 9.75. The molecule has 1 aliphatic heterocycles. The highest BCUT2D eigenvalue weighted by Gasteiger charge is 2.43. The van der Waals surface area contributed by atoms with E-state index in [1.807, 2.05) is 6.07 Å². The molecule has 0 bridgehead atoms. The lowest BCUT2D eigenvalue weighted by Gasteiger charge is -2.31. The van der Waals surface area contributed by atoms with Crippen molar-refractivity contribution in [3.05, 3.63) is 35.9 Å². The van der Waals surface area contributed by atoms with Gasteiger partial charge in [-0.2, -0.15) is 0 Å². The zero-order chi connectivity index (χ0) is 14.0. The monoisotopic (exact) mass is 272 g/mol. The minimum Gasteiger partial charge on any atom is -0.342 e. The minimum atomic E-state index is -0.244. The van der Waals surface area contributed by atoms with Crippen LogP contribution in [-0.4, -0.2) is 30.4 Å². The zero-order valence-corrected chi connectivity index (χ0v) is 12.1. The van der Waals surface area contributed by atoms with E-state index in [9.17, 15) is 4.79 Å². The Morgan fingerprint density at radius 3 is 2.60 bits per heavy atom. The molecule has 3 rings (SSSR count). The molecule has 2 N–H and O–H groups in total. The van der Waals surface area contributed by atoms with E-state index in [0.29, 0.717) is 18.4 Å². The van der Waals surface area contributed by atoms with Gasteiger partial charge in [0.15, 0.2) is 0 Å². The van der Waals surface area contributed by atoms with E-state index in [-0.39, 0.29) is 5.41 Å². The van der Waals surface area contributed by atoms with E-state index < -0.39 is 0 Å². The minimum absolute atomic E-state index is 0.244. The molecule has 0 spiro atoms. The highest BCUT2D eigenvalue weighted by atomic mass is 16.2. The summed E-state index contributed by atoms with van der Waals surface area (Å²) in [5.74, 6) is 0.812.